The van der Waals surface area contributed by atoms with E-state index in [-0.39, 0.29) is 24.4 Å². The Morgan fingerprint density at radius 1 is 1.32 bits per heavy atom. The summed E-state index contributed by atoms with van der Waals surface area (Å²) in [5.74, 6) is 0.534. The molecule has 1 aromatic rings. The van der Waals surface area contributed by atoms with Gasteiger partial charge < -0.3 is 14.8 Å². The van der Waals surface area contributed by atoms with Gasteiger partial charge in [0.15, 0.2) is 12.4 Å². The minimum Gasteiger partial charge on any atom is -0.484 e. The van der Waals surface area contributed by atoms with E-state index in [0.29, 0.717) is 24.3 Å². The fourth-order valence-corrected chi connectivity index (χ4v) is 2.39. The van der Waals surface area contributed by atoms with Crippen molar-refractivity contribution < 1.29 is 19.1 Å². The lowest BCUT2D eigenvalue weighted by molar-refractivity contribution is -0.123. The maximum absolute atomic E-state index is 11.7. The van der Waals surface area contributed by atoms with Gasteiger partial charge in [0.25, 0.3) is 5.91 Å². The number of hydrogen-bond donors (Lipinski definition) is 1. The summed E-state index contributed by atoms with van der Waals surface area (Å²) in [5, 5.41) is 2.82. The zero-order valence-corrected chi connectivity index (χ0v) is 13.0. The molecule has 0 bridgehead atoms. The van der Waals surface area contributed by atoms with Gasteiger partial charge in [-0.2, -0.15) is 0 Å². The average Bonchev–Trinajstić information content (AvgIpc) is 3.06. The Morgan fingerprint density at radius 3 is 2.73 bits per heavy atom. The van der Waals surface area contributed by atoms with Gasteiger partial charge in [0, 0.05) is 25.1 Å². The van der Waals surface area contributed by atoms with E-state index in [4.69, 9.17) is 9.47 Å². The average molecular weight is 305 g/mol. The van der Waals surface area contributed by atoms with Crippen molar-refractivity contribution in [1.29, 1.82) is 0 Å². The predicted molar refractivity (Wildman–Crippen MR) is 83.2 cm³/mol. The molecule has 1 heterocycles. The third-order valence-electron chi connectivity index (χ3n) is 3.68. The van der Waals surface area contributed by atoms with Crippen LogP contribution in [0.25, 0.3) is 0 Å². The van der Waals surface area contributed by atoms with Crippen molar-refractivity contribution in [2.45, 2.75) is 38.7 Å². The summed E-state index contributed by atoms with van der Waals surface area (Å²) < 4.78 is 10.9. The molecule has 5 heteroatoms. The Morgan fingerprint density at radius 2 is 2.09 bits per heavy atom. The second-order valence-electron chi connectivity index (χ2n) is 5.36. The van der Waals surface area contributed by atoms with Crippen LogP contribution in [0, 0.1) is 0 Å². The summed E-state index contributed by atoms with van der Waals surface area (Å²) in [6.45, 7) is 3.25. The second-order valence-corrected chi connectivity index (χ2v) is 5.36. The molecule has 0 spiro atoms. The van der Waals surface area contributed by atoms with E-state index in [1.165, 1.54) is 0 Å². The molecule has 2 rings (SSSR count). The first-order chi connectivity index (χ1) is 10.7. The monoisotopic (exact) mass is 305 g/mol. The number of rotatable bonds is 8. The molecule has 22 heavy (non-hydrogen) atoms. The molecule has 1 N–H and O–H groups in total. The number of ketones is 1. The molecular weight excluding hydrogens is 282 g/mol. The molecule has 0 aliphatic carbocycles. The number of amides is 1. The highest BCUT2D eigenvalue weighted by molar-refractivity contribution is 5.95. The maximum Gasteiger partial charge on any atom is 0.257 e. The van der Waals surface area contributed by atoms with E-state index in [1.54, 1.807) is 24.3 Å². The number of carbonyl (C=O) groups excluding carboxylic acids is 2. The smallest absolute Gasteiger partial charge is 0.257 e. The van der Waals surface area contributed by atoms with Crippen LogP contribution in [0.1, 0.15) is 43.0 Å². The van der Waals surface area contributed by atoms with E-state index in [0.717, 1.165) is 25.9 Å². The molecule has 1 amide bonds. The molecule has 5 nitrogen and oxygen atoms in total. The molecule has 120 valence electrons. The Hall–Kier alpha value is -1.88. The van der Waals surface area contributed by atoms with Gasteiger partial charge in [-0.15, -0.1) is 0 Å². The van der Waals surface area contributed by atoms with Gasteiger partial charge in [0.1, 0.15) is 5.75 Å². The summed E-state index contributed by atoms with van der Waals surface area (Å²) in [6.07, 6.45) is 3.80. The van der Waals surface area contributed by atoms with E-state index in [9.17, 15) is 9.59 Å². The molecule has 1 aromatic carbocycles. The molecule has 1 aliphatic rings. The van der Waals surface area contributed by atoms with E-state index < -0.39 is 0 Å². The van der Waals surface area contributed by atoms with Crippen LogP contribution in [0.4, 0.5) is 0 Å². The fourth-order valence-electron chi connectivity index (χ4n) is 2.39. The summed E-state index contributed by atoms with van der Waals surface area (Å²) in [7, 11) is 0. The first kappa shape index (κ1) is 16.5. The van der Waals surface area contributed by atoms with E-state index >= 15 is 0 Å². The van der Waals surface area contributed by atoms with Crippen LogP contribution in [-0.2, 0) is 9.53 Å². The Labute approximate surface area is 131 Å². The summed E-state index contributed by atoms with van der Waals surface area (Å²) in [4.78, 5) is 23.2. The SMILES string of the molecule is CCC(=O)c1ccc(OCC(=O)NCC[C@@H]2CCCO2)cc1. The third kappa shape index (κ3) is 5.15. The maximum atomic E-state index is 11.7. The molecule has 0 aromatic heterocycles. The van der Waals surface area contributed by atoms with Gasteiger partial charge in [-0.25, -0.2) is 0 Å². The number of ether oxygens (including phenoxy) is 2. The molecular formula is C17H23NO4. The van der Waals surface area contributed by atoms with Crippen LogP contribution in [-0.4, -0.2) is 37.6 Å². The van der Waals surface area contributed by atoms with Gasteiger partial charge in [-0.3, -0.25) is 9.59 Å². The van der Waals surface area contributed by atoms with Crippen LogP contribution in [0.3, 0.4) is 0 Å². The predicted octanol–water partition coefficient (Wildman–Crippen LogP) is 2.34. The zero-order valence-electron chi connectivity index (χ0n) is 13.0. The van der Waals surface area contributed by atoms with Crippen LogP contribution >= 0.6 is 0 Å². The number of benzene rings is 1. The normalized spacial score (nSPS) is 17.2. The molecule has 1 saturated heterocycles. The lowest BCUT2D eigenvalue weighted by atomic mass is 10.1. The second kappa shape index (κ2) is 8.54. The fraction of sp³-hybridized carbons (Fsp3) is 0.529. The quantitative estimate of drug-likeness (QED) is 0.749. The molecule has 0 unspecified atom stereocenters. The topological polar surface area (TPSA) is 64.6 Å². The lowest BCUT2D eigenvalue weighted by Crippen LogP contribution is -2.31. The Balaban J connectivity index is 1.66. The van der Waals surface area contributed by atoms with Crippen LogP contribution in [0.5, 0.6) is 5.75 Å². The minimum atomic E-state index is -0.147. The summed E-state index contributed by atoms with van der Waals surface area (Å²) >= 11 is 0. The van der Waals surface area contributed by atoms with Crippen molar-refractivity contribution in [3.63, 3.8) is 0 Å². The number of carbonyl (C=O) groups is 2. The van der Waals surface area contributed by atoms with Crippen LogP contribution in [0.15, 0.2) is 24.3 Å². The standard InChI is InChI=1S/C17H23NO4/c1-2-16(19)13-5-7-15(8-6-13)22-12-17(20)18-10-9-14-4-3-11-21-14/h5-8,14H,2-4,9-12H2,1H3,(H,18,20)/t14-/m0/s1. The molecule has 1 atom stereocenters. The van der Waals surface area contributed by atoms with Crippen molar-refractivity contribution in [2.24, 2.45) is 0 Å². The van der Waals surface area contributed by atoms with Crippen molar-refractivity contribution in [2.75, 3.05) is 19.8 Å². The van der Waals surface area contributed by atoms with Crippen molar-refractivity contribution in [3.05, 3.63) is 29.8 Å². The third-order valence-corrected chi connectivity index (χ3v) is 3.68. The highest BCUT2D eigenvalue weighted by Crippen LogP contribution is 2.15. The molecule has 0 radical (unpaired) electrons. The number of Topliss-reactive ketones (excluding diaryl/α,β-unsaturated/α-hetero) is 1. The molecule has 1 aliphatic heterocycles. The summed E-state index contributed by atoms with van der Waals surface area (Å²) in [6, 6.07) is 6.86. The van der Waals surface area contributed by atoms with Gasteiger partial charge in [0.05, 0.1) is 6.10 Å². The zero-order chi connectivity index (χ0) is 15.8. The highest BCUT2D eigenvalue weighted by atomic mass is 16.5. The van der Waals surface area contributed by atoms with Gasteiger partial charge in [-0.05, 0) is 43.5 Å². The molecule has 0 saturated carbocycles. The van der Waals surface area contributed by atoms with Gasteiger partial charge in [0.2, 0.25) is 0 Å². The first-order valence-electron chi connectivity index (χ1n) is 7.83. The van der Waals surface area contributed by atoms with Crippen LogP contribution in [0.2, 0.25) is 0 Å². The Kier molecular flexibility index (Phi) is 6.40. The number of hydrogen-bond acceptors (Lipinski definition) is 4. The minimum absolute atomic E-state index is 0.0212. The Bertz CT molecular complexity index is 492. The molecule has 1 fully saturated rings. The van der Waals surface area contributed by atoms with E-state index in [1.807, 2.05) is 6.92 Å². The largest absolute Gasteiger partial charge is 0.484 e. The van der Waals surface area contributed by atoms with E-state index in [2.05, 4.69) is 5.32 Å². The highest BCUT2D eigenvalue weighted by Gasteiger charge is 2.15. The van der Waals surface area contributed by atoms with Crippen molar-refractivity contribution >= 4 is 11.7 Å². The van der Waals surface area contributed by atoms with Gasteiger partial charge in [-0.1, -0.05) is 6.92 Å². The van der Waals surface area contributed by atoms with Crippen molar-refractivity contribution in [1.82, 2.24) is 5.32 Å². The van der Waals surface area contributed by atoms with Gasteiger partial charge >= 0.3 is 0 Å². The van der Waals surface area contributed by atoms with Crippen molar-refractivity contribution in [3.8, 4) is 5.75 Å². The van der Waals surface area contributed by atoms with Crippen LogP contribution < -0.4 is 10.1 Å². The number of nitrogens with one attached hydrogen (secondary N) is 1. The lowest BCUT2D eigenvalue weighted by Gasteiger charge is -2.11. The summed E-state index contributed by atoms with van der Waals surface area (Å²) in [5.41, 5.74) is 0.663. The first-order valence-corrected chi connectivity index (χ1v) is 7.83.